The van der Waals surface area contributed by atoms with Gasteiger partial charge in [0, 0.05) is 11.8 Å². The van der Waals surface area contributed by atoms with Crippen molar-refractivity contribution in [3.63, 3.8) is 0 Å². The molecule has 0 aliphatic rings. The molecule has 2 heterocycles. The average molecular weight is 410 g/mol. The molecule has 0 aliphatic heterocycles. The highest BCUT2D eigenvalue weighted by Gasteiger charge is 2.12. The van der Waals surface area contributed by atoms with Gasteiger partial charge in [-0.15, -0.1) is 0 Å². The minimum Gasteiger partial charge on any atom is -0.503 e. The number of thiazole rings is 1. The lowest BCUT2D eigenvalue weighted by Gasteiger charge is -2.05. The predicted octanol–water partition coefficient (Wildman–Crippen LogP) is 3.21. The molecule has 4 aromatic rings. The number of halogens is 1. The monoisotopic (exact) mass is 409 g/mol. The fraction of sp³-hybridized carbons (Fsp3) is 0.0500. The van der Waals surface area contributed by atoms with Crippen LogP contribution < -0.4 is 14.8 Å². The molecule has 4 rings (SSSR count). The van der Waals surface area contributed by atoms with Crippen molar-refractivity contribution in [1.29, 1.82) is 5.26 Å². The van der Waals surface area contributed by atoms with E-state index >= 15 is 0 Å². The molecule has 138 valence electrons. The number of methoxy groups -OCH3 is 1. The quantitative estimate of drug-likeness (QED) is 0.561. The van der Waals surface area contributed by atoms with Gasteiger partial charge in [-0.05, 0) is 35.9 Å². The van der Waals surface area contributed by atoms with Gasteiger partial charge in [-0.3, -0.25) is 9.20 Å². The number of benzene rings is 2. The summed E-state index contributed by atoms with van der Waals surface area (Å²) in [7, 11) is 1.43. The Morgan fingerprint density at radius 2 is 2.07 bits per heavy atom. The maximum absolute atomic E-state index is 12.7. The van der Waals surface area contributed by atoms with E-state index in [2.05, 4.69) is 11.1 Å². The van der Waals surface area contributed by atoms with E-state index in [-0.39, 0.29) is 22.1 Å². The van der Waals surface area contributed by atoms with Gasteiger partial charge in [0.15, 0.2) is 16.5 Å². The first-order valence-corrected chi connectivity index (χ1v) is 9.30. The molecule has 0 fully saturated rings. The fourth-order valence-electron chi connectivity index (χ4n) is 2.77. The van der Waals surface area contributed by atoms with E-state index < -0.39 is 0 Å². The number of ether oxygens (including phenoxy) is 1. The first-order valence-electron chi connectivity index (χ1n) is 8.11. The van der Waals surface area contributed by atoms with Crippen molar-refractivity contribution < 1.29 is 9.84 Å². The van der Waals surface area contributed by atoms with Gasteiger partial charge in [0.25, 0.3) is 5.56 Å². The van der Waals surface area contributed by atoms with Gasteiger partial charge < -0.3 is 9.84 Å². The maximum Gasteiger partial charge on any atom is 0.274 e. The number of nitriles is 1. The second-order valence-electron chi connectivity index (χ2n) is 5.94. The number of imidazole rings is 1. The Morgan fingerprint density at radius 1 is 1.32 bits per heavy atom. The second-order valence-corrected chi connectivity index (χ2v) is 7.35. The first kappa shape index (κ1) is 18.0. The van der Waals surface area contributed by atoms with Crippen LogP contribution in [-0.4, -0.2) is 21.6 Å². The van der Waals surface area contributed by atoms with Gasteiger partial charge in [0.05, 0.1) is 34.0 Å². The van der Waals surface area contributed by atoms with E-state index in [4.69, 9.17) is 21.6 Å². The Labute approximate surface area is 168 Å². The van der Waals surface area contributed by atoms with Crippen molar-refractivity contribution in [1.82, 2.24) is 9.38 Å². The predicted molar refractivity (Wildman–Crippen MR) is 108 cm³/mol. The number of phenolic OH excluding ortho intramolecular Hbond substituents is 1. The molecule has 0 spiro atoms. The minimum absolute atomic E-state index is 0.141. The molecule has 0 atom stereocenters. The number of rotatable bonds is 3. The van der Waals surface area contributed by atoms with Crippen molar-refractivity contribution in [2.75, 3.05) is 7.11 Å². The summed E-state index contributed by atoms with van der Waals surface area (Å²) in [5, 5.41) is 18.9. The van der Waals surface area contributed by atoms with Crippen LogP contribution in [0.4, 0.5) is 0 Å². The highest BCUT2D eigenvalue weighted by Crippen LogP contribution is 2.35. The molecule has 0 amide bonds. The topological polar surface area (TPSA) is 87.6 Å². The van der Waals surface area contributed by atoms with Crippen molar-refractivity contribution >= 4 is 34.0 Å². The molecule has 8 heteroatoms. The Bertz CT molecular complexity index is 1350. The maximum atomic E-state index is 12.7. The number of aromatic hydroxyl groups is 1. The van der Waals surface area contributed by atoms with E-state index in [1.54, 1.807) is 48.7 Å². The number of nitrogens with zero attached hydrogens (tertiary/aromatic N) is 3. The average Bonchev–Trinajstić information content (AvgIpc) is 3.24. The largest absolute Gasteiger partial charge is 0.503 e. The van der Waals surface area contributed by atoms with E-state index in [9.17, 15) is 9.90 Å². The molecular formula is C20H12ClN3O3S. The molecule has 1 N–H and O–H groups in total. The van der Waals surface area contributed by atoms with E-state index in [0.717, 1.165) is 5.56 Å². The summed E-state index contributed by atoms with van der Waals surface area (Å²) in [5.74, 6) is 0.0901. The lowest BCUT2D eigenvalue weighted by atomic mass is 10.1. The Balaban J connectivity index is 1.78. The van der Waals surface area contributed by atoms with Crippen LogP contribution in [-0.2, 0) is 0 Å². The van der Waals surface area contributed by atoms with Crippen molar-refractivity contribution in [3.05, 3.63) is 73.6 Å². The van der Waals surface area contributed by atoms with Crippen LogP contribution in [0.3, 0.4) is 0 Å². The normalized spacial score (nSPS) is 11.7. The zero-order valence-electron chi connectivity index (χ0n) is 14.5. The third-order valence-corrected chi connectivity index (χ3v) is 5.45. The fourth-order valence-corrected chi connectivity index (χ4v) is 3.95. The summed E-state index contributed by atoms with van der Waals surface area (Å²) in [5.41, 5.74) is 2.49. The van der Waals surface area contributed by atoms with Gasteiger partial charge in [-0.25, -0.2) is 4.98 Å². The van der Waals surface area contributed by atoms with Gasteiger partial charge in [-0.1, -0.05) is 35.1 Å². The molecule has 0 bridgehead atoms. The molecule has 2 aromatic carbocycles. The number of aromatic nitrogens is 2. The lowest BCUT2D eigenvalue weighted by molar-refractivity contribution is 0.373. The zero-order chi connectivity index (χ0) is 19.8. The molecule has 0 radical (unpaired) electrons. The van der Waals surface area contributed by atoms with Gasteiger partial charge in [-0.2, -0.15) is 5.26 Å². The number of hydrogen-bond donors (Lipinski definition) is 1. The molecule has 0 unspecified atom stereocenters. The smallest absolute Gasteiger partial charge is 0.274 e. The minimum atomic E-state index is -0.199. The summed E-state index contributed by atoms with van der Waals surface area (Å²) < 4.78 is 7.07. The summed E-state index contributed by atoms with van der Waals surface area (Å²) in [6.07, 6.45) is 3.36. The number of hydrogen-bond acceptors (Lipinski definition) is 6. The molecule has 6 nitrogen and oxygen atoms in total. The van der Waals surface area contributed by atoms with Crippen molar-refractivity contribution in [3.8, 4) is 28.8 Å². The van der Waals surface area contributed by atoms with Crippen LogP contribution in [0.5, 0.6) is 11.5 Å². The van der Waals surface area contributed by atoms with E-state index in [1.807, 2.05) is 0 Å². The summed E-state index contributed by atoms with van der Waals surface area (Å²) in [4.78, 5) is 17.8. The van der Waals surface area contributed by atoms with Crippen molar-refractivity contribution in [2.24, 2.45) is 0 Å². The SMILES string of the molecule is COc1cc(C=c2sc3nc(-c4ccc(C#N)cc4)cn3c2=O)cc(Cl)c1O. The Hall–Kier alpha value is -3.34. The standard InChI is InChI=1S/C20H12ClN3O3S/c1-27-16-7-12(6-14(21)18(16)25)8-17-19(26)24-10-15(23-20(24)28-17)13-4-2-11(9-22)3-5-13/h2-8,10,25H,1H3. The van der Waals surface area contributed by atoms with E-state index in [0.29, 0.717) is 26.3 Å². The van der Waals surface area contributed by atoms with Crippen LogP contribution in [0.15, 0.2) is 47.4 Å². The van der Waals surface area contributed by atoms with Crippen LogP contribution in [0.2, 0.25) is 5.02 Å². The third kappa shape index (κ3) is 3.09. The number of phenols is 1. The third-order valence-electron chi connectivity index (χ3n) is 4.18. The summed E-state index contributed by atoms with van der Waals surface area (Å²) >= 11 is 7.26. The molecule has 0 saturated heterocycles. The molecule has 0 saturated carbocycles. The molecule has 0 aliphatic carbocycles. The van der Waals surface area contributed by atoms with Crippen LogP contribution in [0, 0.1) is 11.3 Å². The van der Waals surface area contributed by atoms with E-state index in [1.165, 1.54) is 22.8 Å². The lowest BCUT2D eigenvalue weighted by Crippen LogP contribution is -2.22. The Morgan fingerprint density at radius 3 is 2.71 bits per heavy atom. The number of fused-ring (bicyclic) bond motifs is 1. The van der Waals surface area contributed by atoms with Crippen LogP contribution >= 0.6 is 22.9 Å². The van der Waals surface area contributed by atoms with Crippen molar-refractivity contribution in [2.45, 2.75) is 0 Å². The van der Waals surface area contributed by atoms with Gasteiger partial charge in [0.1, 0.15) is 0 Å². The molecule has 28 heavy (non-hydrogen) atoms. The molecule has 2 aromatic heterocycles. The zero-order valence-corrected chi connectivity index (χ0v) is 16.1. The summed E-state index contributed by atoms with van der Waals surface area (Å²) in [6, 6.07) is 12.3. The summed E-state index contributed by atoms with van der Waals surface area (Å²) in [6.45, 7) is 0. The van der Waals surface area contributed by atoms with Gasteiger partial charge in [0.2, 0.25) is 0 Å². The first-order chi connectivity index (χ1) is 13.5. The van der Waals surface area contributed by atoms with Crippen LogP contribution in [0.1, 0.15) is 11.1 Å². The highest BCUT2D eigenvalue weighted by molar-refractivity contribution is 7.15. The second kappa shape index (κ2) is 7.00. The highest BCUT2D eigenvalue weighted by atomic mass is 35.5. The molecular weight excluding hydrogens is 398 g/mol. The van der Waals surface area contributed by atoms with Crippen LogP contribution in [0.25, 0.3) is 22.3 Å². The van der Waals surface area contributed by atoms with Gasteiger partial charge >= 0.3 is 0 Å². The Kier molecular flexibility index (Phi) is 4.51.